The monoisotopic (exact) mass is 345 g/mol. The van der Waals surface area contributed by atoms with Gasteiger partial charge in [-0.05, 0) is 0 Å². The number of likely N-dealkylation sites (N-methyl/N-ethyl adjacent to an activating group) is 1. The van der Waals surface area contributed by atoms with Crippen LogP contribution in [-0.2, 0) is 0 Å². The number of halogens is 1. The van der Waals surface area contributed by atoms with Gasteiger partial charge in [-0.25, -0.2) is 0 Å². The first-order chi connectivity index (χ1) is 7.56. The van der Waals surface area contributed by atoms with Crippen LogP contribution in [0.25, 0.3) is 0 Å². The molecule has 0 radical (unpaired) electrons. The van der Waals surface area contributed by atoms with E-state index in [1.165, 1.54) is 0 Å². The van der Waals surface area contributed by atoms with Crippen LogP contribution >= 0.6 is 20.1 Å². The molecule has 0 aromatic carbocycles. The van der Waals surface area contributed by atoms with E-state index in [1.54, 1.807) is 0 Å². The summed E-state index contributed by atoms with van der Waals surface area (Å²) in [4.78, 5) is 0. The number of hydrogen-bond acceptors (Lipinski definition) is 5. The van der Waals surface area contributed by atoms with Gasteiger partial charge in [-0.2, -0.15) is 0 Å². The topological polar surface area (TPSA) is 102 Å². The second-order valence-electron chi connectivity index (χ2n) is 4.07. The third-order valence-electron chi connectivity index (χ3n) is 2.87. The number of hydrazine groups is 1. The maximum atomic E-state index is 6.22. The van der Waals surface area contributed by atoms with E-state index in [0.717, 1.165) is 23.8 Å². The molecule has 6 heteroatoms. The van der Waals surface area contributed by atoms with Crippen molar-refractivity contribution in [3.63, 3.8) is 0 Å². The molecule has 0 bridgehead atoms. The molecule has 0 saturated heterocycles. The van der Waals surface area contributed by atoms with Gasteiger partial charge in [-0.1, -0.05) is 0 Å². The zero-order chi connectivity index (χ0) is 12.6. The van der Waals surface area contributed by atoms with Gasteiger partial charge in [0.05, 0.1) is 0 Å². The first-order valence-corrected chi connectivity index (χ1v) is 9.83. The molecule has 0 spiro atoms. The van der Waals surface area contributed by atoms with Gasteiger partial charge in [0.2, 0.25) is 0 Å². The fourth-order valence-corrected chi connectivity index (χ4v) is 4.94. The van der Waals surface area contributed by atoms with Crippen LogP contribution in [0.3, 0.4) is 0 Å². The summed E-state index contributed by atoms with van der Waals surface area (Å²) in [5.41, 5.74) is 8.82. The molecule has 8 N–H and O–H groups in total. The van der Waals surface area contributed by atoms with Gasteiger partial charge in [0, 0.05) is 0 Å². The van der Waals surface area contributed by atoms with E-state index in [4.69, 9.17) is 15.5 Å². The van der Waals surface area contributed by atoms with Gasteiger partial charge >= 0.3 is 107 Å². The molecule has 0 aromatic heterocycles. The van der Waals surface area contributed by atoms with Crippen molar-refractivity contribution in [1.29, 1.82) is 0 Å². The van der Waals surface area contributed by atoms with Crippen molar-refractivity contribution < 1.29 is 0 Å². The number of hydrogen-bond donors (Lipinski definition) is 5. The molecule has 0 heterocycles. The summed E-state index contributed by atoms with van der Waals surface area (Å²) in [6.45, 7) is 5.15. The number of nitrogens with one attached hydrogen (secondary N) is 2. The second kappa shape index (κ2) is 9.55. The number of rotatable bonds is 9. The average molecular weight is 345 g/mol. The van der Waals surface area contributed by atoms with Crippen LogP contribution in [0, 0.1) is 0 Å². The Balaban J connectivity index is 3.85. The summed E-state index contributed by atoms with van der Waals surface area (Å²) in [6.07, 6.45) is 2.09. The summed E-state index contributed by atoms with van der Waals surface area (Å²) in [5, 5.41) is 3.25. The van der Waals surface area contributed by atoms with E-state index < -0.39 is 20.1 Å². The van der Waals surface area contributed by atoms with Crippen LogP contribution in [0.1, 0.15) is 26.7 Å². The van der Waals surface area contributed by atoms with Crippen molar-refractivity contribution in [2.75, 3.05) is 18.0 Å². The molecule has 3 unspecified atom stereocenters. The molecule has 100 valence electrons. The quantitative estimate of drug-likeness (QED) is 0.132. The van der Waals surface area contributed by atoms with Crippen LogP contribution in [0.5, 0.6) is 0 Å². The van der Waals surface area contributed by atoms with E-state index in [2.05, 4.69) is 24.6 Å². The molecule has 0 fully saturated rings. The third kappa shape index (κ3) is 6.31. The molecular formula is C10H28IN5. The number of nitrogens with two attached hydrogens (primary N) is 3. The van der Waals surface area contributed by atoms with E-state index in [9.17, 15) is 0 Å². The maximum absolute atomic E-state index is 6.22. The Kier molecular flexibility index (Phi) is 9.87. The first-order valence-electron chi connectivity index (χ1n) is 5.81. The summed E-state index contributed by atoms with van der Waals surface area (Å²) in [6, 6.07) is 0.628. The van der Waals surface area contributed by atoms with Crippen molar-refractivity contribution >= 4 is 20.1 Å². The van der Waals surface area contributed by atoms with Gasteiger partial charge in [-0.3, -0.25) is 0 Å². The molecule has 0 aliphatic heterocycles. The fourth-order valence-electron chi connectivity index (χ4n) is 1.62. The molecular weight excluding hydrogens is 317 g/mol. The molecule has 0 aromatic rings. The Morgan fingerprint density at radius 1 is 1.38 bits per heavy atom. The Morgan fingerprint density at radius 2 is 2.00 bits per heavy atom. The molecule has 16 heavy (non-hydrogen) atoms. The normalized spacial score (nSPS) is 18.0. The summed E-state index contributed by atoms with van der Waals surface area (Å²) in [5.74, 6) is 5.30. The van der Waals surface area contributed by atoms with Crippen LogP contribution in [0.15, 0.2) is 0 Å². The van der Waals surface area contributed by atoms with Crippen molar-refractivity contribution in [1.82, 2.24) is 10.7 Å². The van der Waals surface area contributed by atoms with Crippen molar-refractivity contribution in [3.05, 3.63) is 0 Å². The van der Waals surface area contributed by atoms with E-state index in [-0.39, 0.29) is 6.04 Å². The SMILES string of the molecule is CCC(NC)C(N)CCI(N)C(C)CNN. The molecule has 5 nitrogen and oxygen atoms in total. The Hall–Kier alpha value is 0.530. The summed E-state index contributed by atoms with van der Waals surface area (Å²) < 4.78 is 7.86. The summed E-state index contributed by atoms with van der Waals surface area (Å²) >= 11 is -1.36. The average Bonchev–Trinajstić information content (AvgIpc) is 2.27. The molecule has 0 aliphatic carbocycles. The first kappa shape index (κ1) is 16.5. The number of alkyl halides is 2. The van der Waals surface area contributed by atoms with E-state index in [1.807, 2.05) is 7.05 Å². The fraction of sp³-hybridized carbons (Fsp3) is 1.00. The summed E-state index contributed by atoms with van der Waals surface area (Å²) in [7, 11) is 1.97. The molecule has 0 rings (SSSR count). The second-order valence-corrected chi connectivity index (χ2v) is 9.75. The van der Waals surface area contributed by atoms with Crippen LogP contribution in [0.4, 0.5) is 0 Å². The minimum absolute atomic E-state index is 0.219. The Morgan fingerprint density at radius 3 is 2.44 bits per heavy atom. The van der Waals surface area contributed by atoms with Gasteiger partial charge in [0.1, 0.15) is 0 Å². The van der Waals surface area contributed by atoms with E-state index >= 15 is 0 Å². The van der Waals surface area contributed by atoms with Gasteiger partial charge < -0.3 is 0 Å². The van der Waals surface area contributed by atoms with Gasteiger partial charge in [0.25, 0.3) is 0 Å². The predicted molar refractivity (Wildman–Crippen MR) is 80.5 cm³/mol. The zero-order valence-corrected chi connectivity index (χ0v) is 12.8. The van der Waals surface area contributed by atoms with Crippen molar-refractivity contribution in [2.45, 2.75) is 42.7 Å². The Bertz CT molecular complexity index is 165. The molecule has 3 atom stereocenters. The zero-order valence-electron chi connectivity index (χ0n) is 10.7. The van der Waals surface area contributed by atoms with Crippen LogP contribution < -0.4 is 26.3 Å². The van der Waals surface area contributed by atoms with Crippen LogP contribution in [0.2, 0.25) is 0 Å². The van der Waals surface area contributed by atoms with Crippen molar-refractivity contribution in [3.8, 4) is 0 Å². The standard InChI is InChI=1S/C10H28IN5/c1-4-10(15-3)9(12)5-6-11(13)8(2)7-16-14/h8-10,15-16H,4-7,12-14H2,1-3H3. The molecule has 0 aliphatic rings. The molecule has 0 amide bonds. The predicted octanol–water partition coefficient (Wildman–Crippen LogP) is -0.0663. The molecule has 0 saturated carbocycles. The van der Waals surface area contributed by atoms with Crippen molar-refractivity contribution in [2.24, 2.45) is 15.5 Å². The van der Waals surface area contributed by atoms with Crippen LogP contribution in [-0.4, -0.2) is 34.0 Å². The van der Waals surface area contributed by atoms with E-state index in [0.29, 0.717) is 9.97 Å². The Labute approximate surface area is 107 Å². The minimum atomic E-state index is -1.36. The third-order valence-corrected chi connectivity index (χ3v) is 7.91. The van der Waals surface area contributed by atoms with Gasteiger partial charge in [-0.15, -0.1) is 0 Å². The van der Waals surface area contributed by atoms with Gasteiger partial charge in [0.15, 0.2) is 0 Å².